The summed E-state index contributed by atoms with van der Waals surface area (Å²) < 4.78 is 18.1. The van der Waals surface area contributed by atoms with E-state index in [0.29, 0.717) is 25.0 Å². The average Bonchev–Trinajstić information content (AvgIpc) is 2.90. The summed E-state index contributed by atoms with van der Waals surface area (Å²) in [4.78, 5) is 0. The lowest BCUT2D eigenvalue weighted by atomic mass is 9.89. The van der Waals surface area contributed by atoms with Gasteiger partial charge in [0.15, 0.2) is 0 Å². The molecule has 3 atom stereocenters. The zero-order valence-electron chi connectivity index (χ0n) is 21.6. The highest BCUT2D eigenvalue weighted by molar-refractivity contribution is 5.68. The molecule has 3 aromatic carbocycles. The normalized spacial score (nSPS) is 13.8. The summed E-state index contributed by atoms with van der Waals surface area (Å²) in [6.07, 6.45) is 2.10. The zero-order chi connectivity index (χ0) is 24.5. The minimum Gasteiger partial charge on any atom is -0.490 e. The molecule has 34 heavy (non-hydrogen) atoms. The smallest absolute Gasteiger partial charge is 0.128 e. The number of hydrogen-bond acceptors (Lipinski definition) is 3. The summed E-state index contributed by atoms with van der Waals surface area (Å²) in [5.41, 5.74) is 6.05. The molecule has 0 aliphatic rings. The first kappa shape index (κ1) is 25.8. The van der Waals surface area contributed by atoms with Gasteiger partial charge in [0, 0.05) is 12.7 Å². The summed E-state index contributed by atoms with van der Waals surface area (Å²) in [6, 6.07) is 23.4. The minimum atomic E-state index is -0.0736. The van der Waals surface area contributed by atoms with Crippen molar-refractivity contribution in [3.05, 3.63) is 83.4 Å². The molecule has 0 saturated carbocycles. The van der Waals surface area contributed by atoms with Gasteiger partial charge >= 0.3 is 0 Å². The number of rotatable bonds is 12. The fraction of sp³-hybridized carbons (Fsp3) is 0.419. The van der Waals surface area contributed by atoms with Crippen molar-refractivity contribution in [1.82, 2.24) is 0 Å². The van der Waals surface area contributed by atoms with Crippen LogP contribution in [0, 0.1) is 0 Å². The van der Waals surface area contributed by atoms with Crippen LogP contribution in [0.25, 0.3) is 11.1 Å². The fourth-order valence-electron chi connectivity index (χ4n) is 4.08. The van der Waals surface area contributed by atoms with Crippen molar-refractivity contribution in [2.45, 2.75) is 65.4 Å². The second-order valence-corrected chi connectivity index (χ2v) is 9.11. The van der Waals surface area contributed by atoms with Crippen molar-refractivity contribution >= 4 is 0 Å². The molecule has 0 spiro atoms. The van der Waals surface area contributed by atoms with Crippen LogP contribution in [-0.4, -0.2) is 20.3 Å². The third-order valence-corrected chi connectivity index (χ3v) is 6.85. The van der Waals surface area contributed by atoms with E-state index in [1.54, 1.807) is 7.11 Å². The van der Waals surface area contributed by atoms with Gasteiger partial charge in [-0.2, -0.15) is 0 Å². The van der Waals surface area contributed by atoms with E-state index in [0.717, 1.165) is 29.9 Å². The SMILES string of the molecule is CCC(C)c1ccc(OCCOc2c(C(C)CC)cc(-c3ccccc3)cc2C(C)OC)cc1. The van der Waals surface area contributed by atoms with Crippen LogP contribution in [-0.2, 0) is 4.74 Å². The molecule has 0 aromatic heterocycles. The Morgan fingerprint density at radius 1 is 0.676 bits per heavy atom. The molecule has 0 fully saturated rings. The van der Waals surface area contributed by atoms with Crippen molar-refractivity contribution in [3.8, 4) is 22.6 Å². The average molecular weight is 461 g/mol. The third-order valence-electron chi connectivity index (χ3n) is 6.85. The Hall–Kier alpha value is -2.78. The number of benzene rings is 3. The molecule has 0 aliphatic heterocycles. The lowest BCUT2D eigenvalue weighted by molar-refractivity contribution is 0.114. The van der Waals surface area contributed by atoms with Crippen LogP contribution in [0.1, 0.15) is 82.1 Å². The molecule has 0 radical (unpaired) electrons. The fourth-order valence-corrected chi connectivity index (χ4v) is 4.08. The van der Waals surface area contributed by atoms with E-state index in [9.17, 15) is 0 Å². The predicted octanol–water partition coefficient (Wildman–Crippen LogP) is 8.55. The summed E-state index contributed by atoms with van der Waals surface area (Å²) in [5, 5.41) is 0. The minimum absolute atomic E-state index is 0.0736. The molecule has 0 aliphatic carbocycles. The van der Waals surface area contributed by atoms with E-state index in [1.165, 1.54) is 22.3 Å². The van der Waals surface area contributed by atoms with E-state index in [-0.39, 0.29) is 6.10 Å². The number of methoxy groups -OCH3 is 1. The van der Waals surface area contributed by atoms with Gasteiger partial charge in [0.25, 0.3) is 0 Å². The first-order chi connectivity index (χ1) is 16.5. The molecule has 0 heterocycles. The molecule has 3 aromatic rings. The van der Waals surface area contributed by atoms with Crippen molar-refractivity contribution < 1.29 is 14.2 Å². The monoisotopic (exact) mass is 460 g/mol. The van der Waals surface area contributed by atoms with Crippen molar-refractivity contribution in [1.29, 1.82) is 0 Å². The maximum Gasteiger partial charge on any atom is 0.128 e. The van der Waals surface area contributed by atoms with Gasteiger partial charge in [0.1, 0.15) is 24.7 Å². The van der Waals surface area contributed by atoms with Gasteiger partial charge in [-0.3, -0.25) is 0 Å². The molecule has 3 rings (SSSR count). The van der Waals surface area contributed by atoms with Crippen molar-refractivity contribution in [2.24, 2.45) is 0 Å². The summed E-state index contributed by atoms with van der Waals surface area (Å²) in [6.45, 7) is 12.0. The van der Waals surface area contributed by atoms with Gasteiger partial charge in [0.2, 0.25) is 0 Å². The quantitative estimate of drug-likeness (QED) is 0.253. The predicted molar refractivity (Wildman–Crippen MR) is 142 cm³/mol. The number of hydrogen-bond donors (Lipinski definition) is 0. The van der Waals surface area contributed by atoms with Crippen LogP contribution in [0.3, 0.4) is 0 Å². The molecule has 0 saturated heterocycles. The highest BCUT2D eigenvalue weighted by Crippen LogP contribution is 2.40. The van der Waals surface area contributed by atoms with Crippen LogP contribution in [0.15, 0.2) is 66.7 Å². The third kappa shape index (κ3) is 6.42. The highest BCUT2D eigenvalue weighted by Gasteiger charge is 2.21. The van der Waals surface area contributed by atoms with E-state index < -0.39 is 0 Å². The lowest BCUT2D eigenvalue weighted by Crippen LogP contribution is -2.13. The van der Waals surface area contributed by atoms with E-state index in [2.05, 4.69) is 95.3 Å². The molecule has 0 N–H and O–H groups in total. The van der Waals surface area contributed by atoms with Gasteiger partial charge < -0.3 is 14.2 Å². The second-order valence-electron chi connectivity index (χ2n) is 9.11. The molecule has 0 amide bonds. The van der Waals surface area contributed by atoms with Crippen LogP contribution < -0.4 is 9.47 Å². The standard InChI is InChI=1S/C31H40O3/c1-7-22(3)25-14-16-28(17-15-25)33-18-19-34-31-29(23(4)8-2)20-27(21-30(31)24(5)32-6)26-12-10-9-11-13-26/h9-17,20-24H,7-8,18-19H2,1-6H3. The Kier molecular flexibility index (Phi) is 9.59. The topological polar surface area (TPSA) is 27.7 Å². The van der Waals surface area contributed by atoms with Crippen molar-refractivity contribution in [2.75, 3.05) is 20.3 Å². The highest BCUT2D eigenvalue weighted by atomic mass is 16.5. The largest absolute Gasteiger partial charge is 0.490 e. The van der Waals surface area contributed by atoms with E-state index >= 15 is 0 Å². The van der Waals surface area contributed by atoms with Gasteiger partial charge in [-0.05, 0) is 78.1 Å². The summed E-state index contributed by atoms with van der Waals surface area (Å²) in [7, 11) is 1.75. The Morgan fingerprint density at radius 3 is 1.91 bits per heavy atom. The molecular weight excluding hydrogens is 420 g/mol. The molecule has 182 valence electrons. The number of ether oxygens (including phenoxy) is 3. The first-order valence-electron chi connectivity index (χ1n) is 12.6. The zero-order valence-corrected chi connectivity index (χ0v) is 21.6. The van der Waals surface area contributed by atoms with E-state index in [4.69, 9.17) is 14.2 Å². The van der Waals surface area contributed by atoms with Crippen LogP contribution in [0.2, 0.25) is 0 Å². The first-order valence-corrected chi connectivity index (χ1v) is 12.6. The lowest BCUT2D eigenvalue weighted by Gasteiger charge is -2.24. The van der Waals surface area contributed by atoms with Gasteiger partial charge in [-0.25, -0.2) is 0 Å². The van der Waals surface area contributed by atoms with Gasteiger partial charge in [-0.1, -0.05) is 70.2 Å². The van der Waals surface area contributed by atoms with Crippen LogP contribution >= 0.6 is 0 Å². The summed E-state index contributed by atoms with van der Waals surface area (Å²) in [5.74, 6) is 2.74. The molecule has 3 unspecified atom stereocenters. The Morgan fingerprint density at radius 2 is 1.29 bits per heavy atom. The van der Waals surface area contributed by atoms with Gasteiger partial charge in [-0.15, -0.1) is 0 Å². The Bertz CT molecular complexity index is 980. The van der Waals surface area contributed by atoms with Gasteiger partial charge in [0.05, 0.1) is 6.10 Å². The Labute approximate surface area is 206 Å². The van der Waals surface area contributed by atoms with Crippen LogP contribution in [0.5, 0.6) is 11.5 Å². The molecule has 0 bridgehead atoms. The maximum atomic E-state index is 6.40. The van der Waals surface area contributed by atoms with Crippen LogP contribution in [0.4, 0.5) is 0 Å². The molecule has 3 heteroatoms. The van der Waals surface area contributed by atoms with E-state index in [1.807, 2.05) is 6.07 Å². The Balaban J connectivity index is 1.80. The second kappa shape index (κ2) is 12.6. The maximum absolute atomic E-state index is 6.40. The molecular formula is C31H40O3. The molecule has 3 nitrogen and oxygen atoms in total. The van der Waals surface area contributed by atoms with Crippen molar-refractivity contribution in [3.63, 3.8) is 0 Å². The summed E-state index contributed by atoms with van der Waals surface area (Å²) >= 11 is 0.